The standard InChI is InChI=1S/C35H37N3O5Si/c1-22-26(11-8-12-30(22)38-35(41)43-21-23-9-6-5-7-10-23)29-20-37-33(34(36)40)28-19-25-17-24(13-14-27(25)32(28)29)18-31(39)42-15-16-44(2,3)4/h5-14,17,20H,15-16,18-19,21H2,1-4H3,(H2,36,40)(H,38,41). The number of amides is 2. The summed E-state index contributed by atoms with van der Waals surface area (Å²) < 4.78 is 10.9. The molecule has 1 aliphatic carbocycles. The minimum Gasteiger partial charge on any atom is -0.466 e. The molecule has 0 atom stereocenters. The number of rotatable bonds is 10. The summed E-state index contributed by atoms with van der Waals surface area (Å²) in [5, 5.41) is 2.86. The van der Waals surface area contributed by atoms with Crippen LogP contribution < -0.4 is 11.1 Å². The number of benzene rings is 3. The number of fused-ring (bicyclic) bond motifs is 3. The van der Waals surface area contributed by atoms with Gasteiger partial charge in [0, 0.05) is 31.9 Å². The lowest BCUT2D eigenvalue weighted by molar-refractivity contribution is -0.142. The predicted molar refractivity (Wildman–Crippen MR) is 174 cm³/mol. The quantitative estimate of drug-likeness (QED) is 0.132. The fourth-order valence-electron chi connectivity index (χ4n) is 5.41. The highest BCUT2D eigenvalue weighted by Gasteiger charge is 2.29. The first-order chi connectivity index (χ1) is 21.0. The van der Waals surface area contributed by atoms with Crippen molar-refractivity contribution in [1.29, 1.82) is 0 Å². The van der Waals surface area contributed by atoms with E-state index in [1.807, 2.05) is 73.7 Å². The van der Waals surface area contributed by atoms with Gasteiger partial charge in [-0.25, -0.2) is 4.79 Å². The summed E-state index contributed by atoms with van der Waals surface area (Å²) >= 11 is 0. The van der Waals surface area contributed by atoms with Crippen LogP contribution in [0.25, 0.3) is 22.3 Å². The predicted octanol–water partition coefficient (Wildman–Crippen LogP) is 6.90. The minimum absolute atomic E-state index is 0.159. The van der Waals surface area contributed by atoms with E-state index in [9.17, 15) is 14.4 Å². The van der Waals surface area contributed by atoms with Gasteiger partial charge in [-0.05, 0) is 63.5 Å². The molecule has 3 N–H and O–H groups in total. The van der Waals surface area contributed by atoms with E-state index in [1.54, 1.807) is 6.20 Å². The maximum atomic E-state index is 12.6. The molecule has 5 rings (SSSR count). The molecule has 1 aromatic heterocycles. The molecular formula is C35H37N3O5Si. The van der Waals surface area contributed by atoms with Gasteiger partial charge in [-0.3, -0.25) is 19.9 Å². The summed E-state index contributed by atoms with van der Waals surface area (Å²) in [6.07, 6.45) is 1.75. The highest BCUT2D eigenvalue weighted by molar-refractivity contribution is 6.76. The molecule has 9 heteroatoms. The number of nitrogens with one attached hydrogen (secondary N) is 1. The summed E-state index contributed by atoms with van der Waals surface area (Å²) in [5.74, 6) is -0.846. The first-order valence-electron chi connectivity index (χ1n) is 14.7. The Kier molecular flexibility index (Phi) is 8.96. The lowest BCUT2D eigenvalue weighted by Gasteiger charge is -2.17. The number of hydrogen-bond acceptors (Lipinski definition) is 6. The molecule has 0 saturated heterocycles. The number of ether oxygens (including phenoxy) is 2. The van der Waals surface area contributed by atoms with E-state index < -0.39 is 20.1 Å². The van der Waals surface area contributed by atoms with Crippen molar-refractivity contribution in [3.8, 4) is 22.3 Å². The van der Waals surface area contributed by atoms with Gasteiger partial charge in [-0.1, -0.05) is 80.3 Å². The summed E-state index contributed by atoms with van der Waals surface area (Å²) in [4.78, 5) is 42.0. The van der Waals surface area contributed by atoms with E-state index in [-0.39, 0.29) is 24.7 Å². The molecule has 0 unspecified atom stereocenters. The van der Waals surface area contributed by atoms with E-state index >= 15 is 0 Å². The molecule has 0 bridgehead atoms. The van der Waals surface area contributed by atoms with Gasteiger partial charge in [0.25, 0.3) is 5.91 Å². The molecule has 0 spiro atoms. The largest absolute Gasteiger partial charge is 0.466 e. The number of nitrogens with zero attached hydrogens (tertiary/aromatic N) is 1. The van der Waals surface area contributed by atoms with Gasteiger partial charge in [-0.2, -0.15) is 0 Å². The molecular weight excluding hydrogens is 570 g/mol. The number of primary amides is 1. The fourth-order valence-corrected chi connectivity index (χ4v) is 6.12. The molecule has 0 aliphatic heterocycles. The number of esters is 1. The molecule has 0 saturated carbocycles. The Hall–Kier alpha value is -4.76. The average molecular weight is 608 g/mol. The smallest absolute Gasteiger partial charge is 0.411 e. The SMILES string of the molecule is Cc1c(NC(=O)OCc2ccccc2)cccc1-c1cnc(C(N)=O)c2c1-c1ccc(CC(=O)OCC[Si](C)(C)C)cc1C2. The van der Waals surface area contributed by atoms with Gasteiger partial charge in [0.15, 0.2) is 0 Å². The fraction of sp³-hybridized carbons (Fsp3) is 0.257. The molecule has 4 aromatic rings. The van der Waals surface area contributed by atoms with Crippen LogP contribution in [-0.2, 0) is 33.7 Å². The van der Waals surface area contributed by atoms with E-state index in [0.29, 0.717) is 18.7 Å². The number of hydrogen-bond donors (Lipinski definition) is 2. The Balaban J connectivity index is 1.41. The number of pyridine rings is 1. The summed E-state index contributed by atoms with van der Waals surface area (Å²) in [6, 6.07) is 21.9. The second kappa shape index (κ2) is 12.8. The van der Waals surface area contributed by atoms with E-state index in [4.69, 9.17) is 15.2 Å². The lowest BCUT2D eigenvalue weighted by atomic mass is 9.91. The first-order valence-corrected chi connectivity index (χ1v) is 18.4. The third-order valence-corrected chi connectivity index (χ3v) is 9.46. The van der Waals surface area contributed by atoms with E-state index in [1.165, 1.54) is 0 Å². The molecule has 0 radical (unpaired) electrons. The van der Waals surface area contributed by atoms with Crippen molar-refractivity contribution in [2.24, 2.45) is 5.73 Å². The van der Waals surface area contributed by atoms with Crippen LogP contribution >= 0.6 is 0 Å². The van der Waals surface area contributed by atoms with Crippen LogP contribution in [-0.4, -0.2) is 37.6 Å². The Morgan fingerprint density at radius 2 is 1.68 bits per heavy atom. The third kappa shape index (κ3) is 7.06. The van der Waals surface area contributed by atoms with Crippen molar-refractivity contribution in [1.82, 2.24) is 4.98 Å². The van der Waals surface area contributed by atoms with Crippen LogP contribution in [0.15, 0.2) is 72.9 Å². The molecule has 2 amide bonds. The highest BCUT2D eigenvalue weighted by Crippen LogP contribution is 2.45. The van der Waals surface area contributed by atoms with Crippen LogP contribution in [0.2, 0.25) is 25.7 Å². The minimum atomic E-state index is -1.30. The Morgan fingerprint density at radius 3 is 2.41 bits per heavy atom. The zero-order chi connectivity index (χ0) is 31.4. The monoisotopic (exact) mass is 607 g/mol. The second-order valence-electron chi connectivity index (χ2n) is 12.3. The summed E-state index contributed by atoms with van der Waals surface area (Å²) in [5.41, 5.74) is 14.4. The van der Waals surface area contributed by atoms with Crippen LogP contribution in [0.3, 0.4) is 0 Å². The maximum absolute atomic E-state index is 12.6. The van der Waals surface area contributed by atoms with Crippen molar-refractivity contribution in [3.05, 3.63) is 106 Å². The Bertz CT molecular complexity index is 1730. The molecule has 1 aliphatic rings. The third-order valence-electron chi connectivity index (χ3n) is 7.76. The summed E-state index contributed by atoms with van der Waals surface area (Å²) in [6.45, 7) is 9.27. The van der Waals surface area contributed by atoms with Crippen LogP contribution in [0.4, 0.5) is 10.5 Å². The molecule has 44 heavy (non-hydrogen) atoms. The van der Waals surface area contributed by atoms with Crippen LogP contribution in [0.5, 0.6) is 0 Å². The topological polar surface area (TPSA) is 121 Å². The zero-order valence-corrected chi connectivity index (χ0v) is 26.5. The van der Waals surface area contributed by atoms with E-state index in [0.717, 1.165) is 56.1 Å². The van der Waals surface area contributed by atoms with Gasteiger partial charge in [0.05, 0.1) is 13.0 Å². The highest BCUT2D eigenvalue weighted by atomic mass is 28.3. The number of aromatic nitrogens is 1. The van der Waals surface area contributed by atoms with Crippen molar-refractivity contribution < 1.29 is 23.9 Å². The molecule has 8 nitrogen and oxygen atoms in total. The van der Waals surface area contributed by atoms with Crippen molar-refractivity contribution >= 4 is 31.7 Å². The number of nitrogens with two attached hydrogens (primary N) is 1. The molecule has 3 aromatic carbocycles. The molecule has 1 heterocycles. The number of carbonyl (C=O) groups excluding carboxylic acids is 3. The van der Waals surface area contributed by atoms with E-state index in [2.05, 4.69) is 29.9 Å². The van der Waals surface area contributed by atoms with Crippen LogP contribution in [0.1, 0.15) is 38.3 Å². The lowest BCUT2D eigenvalue weighted by Crippen LogP contribution is -2.23. The first kappa shape index (κ1) is 30.7. The van der Waals surface area contributed by atoms with Crippen molar-refractivity contribution in [2.75, 3.05) is 11.9 Å². The second-order valence-corrected chi connectivity index (χ2v) is 17.9. The Labute approximate surface area is 258 Å². The zero-order valence-electron chi connectivity index (χ0n) is 25.5. The van der Waals surface area contributed by atoms with Gasteiger partial charge >= 0.3 is 12.1 Å². The van der Waals surface area contributed by atoms with Crippen molar-refractivity contribution in [3.63, 3.8) is 0 Å². The van der Waals surface area contributed by atoms with Gasteiger partial charge in [-0.15, -0.1) is 0 Å². The average Bonchev–Trinajstić information content (AvgIpc) is 3.35. The van der Waals surface area contributed by atoms with Crippen LogP contribution in [0, 0.1) is 6.92 Å². The number of carbonyl (C=O) groups is 3. The number of anilines is 1. The van der Waals surface area contributed by atoms with Gasteiger partial charge in [0.1, 0.15) is 12.3 Å². The van der Waals surface area contributed by atoms with Gasteiger partial charge in [0.2, 0.25) is 0 Å². The molecule has 226 valence electrons. The Morgan fingerprint density at radius 1 is 0.909 bits per heavy atom. The maximum Gasteiger partial charge on any atom is 0.411 e. The van der Waals surface area contributed by atoms with Crippen molar-refractivity contribution in [2.45, 2.75) is 52.1 Å². The molecule has 0 fully saturated rings. The van der Waals surface area contributed by atoms with Gasteiger partial charge < -0.3 is 15.2 Å². The summed E-state index contributed by atoms with van der Waals surface area (Å²) in [7, 11) is -1.30. The normalized spacial score (nSPS) is 11.8.